The van der Waals surface area contributed by atoms with Crippen LogP contribution in [-0.4, -0.2) is 0 Å². The number of hydrogen-bond donors (Lipinski definition) is 0. The summed E-state index contributed by atoms with van der Waals surface area (Å²) in [4.78, 5) is 0. The van der Waals surface area contributed by atoms with E-state index >= 15 is 0 Å². The number of rotatable bonds is 4. The molecule has 0 aliphatic heterocycles. The van der Waals surface area contributed by atoms with Crippen LogP contribution < -0.4 is 0 Å². The normalized spacial score (nSPS) is 35.5. The maximum atomic E-state index is 2.45. The van der Waals surface area contributed by atoms with Crippen LogP contribution in [0.1, 0.15) is 40.5 Å². The van der Waals surface area contributed by atoms with Crippen molar-refractivity contribution in [1.29, 1.82) is 0 Å². The first-order valence-corrected chi connectivity index (χ1v) is 7.56. The van der Waals surface area contributed by atoms with Gasteiger partial charge >= 0.3 is 112 Å². The zero-order chi connectivity index (χ0) is 12.5. The molecule has 0 bridgehead atoms. The summed E-state index contributed by atoms with van der Waals surface area (Å²) in [7, 11) is 0. The summed E-state index contributed by atoms with van der Waals surface area (Å²) in [5.74, 6) is 0. The van der Waals surface area contributed by atoms with Gasteiger partial charge in [0.15, 0.2) is 0 Å². The Hall–Kier alpha value is -0.521. The summed E-state index contributed by atoms with van der Waals surface area (Å²) in [6.07, 6.45) is 16.5. The van der Waals surface area contributed by atoms with E-state index in [4.69, 9.17) is 0 Å². The van der Waals surface area contributed by atoms with Gasteiger partial charge in [-0.15, -0.1) is 0 Å². The van der Waals surface area contributed by atoms with Crippen molar-refractivity contribution in [1.82, 2.24) is 0 Å². The van der Waals surface area contributed by atoms with E-state index in [1.807, 2.05) is 0 Å². The Bertz CT molecular complexity index is 385. The van der Waals surface area contributed by atoms with Crippen molar-refractivity contribution in [2.75, 3.05) is 0 Å². The molecule has 0 aromatic heterocycles. The first-order valence-electron chi connectivity index (χ1n) is 6.45. The Kier molecular flexibility index (Phi) is 3.52. The Labute approximate surface area is 112 Å². The Morgan fingerprint density at radius 2 is 1.29 bits per heavy atom. The Balaban J connectivity index is 2.14. The minimum absolute atomic E-state index is 0.240. The van der Waals surface area contributed by atoms with Gasteiger partial charge in [-0.25, -0.2) is 0 Å². The van der Waals surface area contributed by atoms with Gasteiger partial charge in [-0.3, -0.25) is 0 Å². The quantitative estimate of drug-likeness (QED) is 0.613. The van der Waals surface area contributed by atoms with Gasteiger partial charge in [0, 0.05) is 0 Å². The molecule has 1 heteroatoms. The molecule has 0 fully saturated rings. The third-order valence-corrected chi connectivity index (χ3v) is 5.24. The number of hydrogen-bond acceptors (Lipinski definition) is 0. The molecule has 2 aliphatic carbocycles. The van der Waals surface area contributed by atoms with Crippen molar-refractivity contribution >= 4 is 0 Å². The van der Waals surface area contributed by atoms with Crippen LogP contribution >= 0.6 is 0 Å². The summed E-state index contributed by atoms with van der Waals surface area (Å²) < 4.78 is 0.480. The molecular weight excluding hydrogens is 248 g/mol. The molecule has 0 nitrogen and oxygen atoms in total. The van der Waals surface area contributed by atoms with Crippen LogP contribution in [-0.2, 0) is 15.0 Å². The van der Waals surface area contributed by atoms with E-state index < -0.39 is 0 Å². The van der Waals surface area contributed by atoms with E-state index in [1.165, 1.54) is 26.1 Å². The molecule has 0 N–H and O–H groups in total. The topological polar surface area (TPSA) is 0 Å². The molecule has 0 heterocycles. The van der Waals surface area contributed by atoms with E-state index in [0.29, 0.717) is 0 Å². The summed E-state index contributed by atoms with van der Waals surface area (Å²) in [5, 5.41) is 0. The molecule has 0 radical (unpaired) electrons. The first-order chi connectivity index (χ1) is 7.99. The standard InChI is InChI=1S/2C8H11.Fe/c2*1-3-8-5-4-7(2)6-8;/h2*4-6H,3H2,1-2H3;. The zero-order valence-corrected chi connectivity index (χ0v) is 12.3. The molecule has 17 heavy (non-hydrogen) atoms. The predicted molar refractivity (Wildman–Crippen MR) is 71.8 cm³/mol. The molecule has 94 valence electrons. The van der Waals surface area contributed by atoms with Gasteiger partial charge in [0.25, 0.3) is 0 Å². The number of allylic oxidation sites excluding steroid dienone is 8. The molecule has 2 rings (SSSR count). The van der Waals surface area contributed by atoms with E-state index in [9.17, 15) is 0 Å². The van der Waals surface area contributed by atoms with Gasteiger partial charge in [-0.2, -0.15) is 0 Å². The monoisotopic (exact) mass is 270 g/mol. The fourth-order valence-electron chi connectivity index (χ4n) is 2.40. The van der Waals surface area contributed by atoms with Gasteiger partial charge in [-0.1, -0.05) is 0 Å². The Morgan fingerprint density at radius 3 is 1.59 bits per heavy atom. The van der Waals surface area contributed by atoms with Crippen molar-refractivity contribution in [3.05, 3.63) is 47.6 Å². The van der Waals surface area contributed by atoms with Crippen molar-refractivity contribution < 1.29 is 15.0 Å². The molecule has 2 aliphatic rings. The third-order valence-electron chi connectivity index (χ3n) is 3.36. The fraction of sp³-hybridized carbons (Fsp3) is 0.500. The molecule has 0 amide bonds. The van der Waals surface area contributed by atoms with Gasteiger partial charge < -0.3 is 0 Å². The second-order valence-corrected chi connectivity index (χ2v) is 7.81. The van der Waals surface area contributed by atoms with Crippen LogP contribution in [0.2, 0.25) is 8.63 Å². The second-order valence-electron chi connectivity index (χ2n) is 5.15. The maximum absolute atomic E-state index is 2.45. The van der Waals surface area contributed by atoms with E-state index in [-0.39, 0.29) is 8.63 Å². The van der Waals surface area contributed by atoms with E-state index in [0.717, 1.165) is 12.8 Å². The molecule has 0 aromatic rings. The first kappa shape index (κ1) is 12.9. The predicted octanol–water partition coefficient (Wildman–Crippen LogP) is 5.24. The molecular formula is C16H22Fe. The molecule has 0 saturated carbocycles. The van der Waals surface area contributed by atoms with Crippen LogP contribution in [0.4, 0.5) is 0 Å². The molecule has 2 unspecified atom stereocenters. The molecule has 2 atom stereocenters. The van der Waals surface area contributed by atoms with Crippen molar-refractivity contribution in [2.45, 2.75) is 49.2 Å². The third kappa shape index (κ3) is 2.84. The molecule has 0 saturated heterocycles. The van der Waals surface area contributed by atoms with Gasteiger partial charge in [0.1, 0.15) is 0 Å². The second kappa shape index (κ2) is 4.63. The SMILES string of the molecule is CCC1=C[C](C)([Fe][C]2(C)C=CC(CC)=C2)C=C1. The minimum atomic E-state index is 0.240. The Morgan fingerprint density at radius 1 is 0.882 bits per heavy atom. The zero-order valence-electron chi connectivity index (χ0n) is 11.2. The van der Waals surface area contributed by atoms with Crippen molar-refractivity contribution in [3.8, 4) is 0 Å². The van der Waals surface area contributed by atoms with Crippen LogP contribution in [0, 0.1) is 0 Å². The average molecular weight is 270 g/mol. The van der Waals surface area contributed by atoms with Crippen LogP contribution in [0.15, 0.2) is 47.6 Å². The van der Waals surface area contributed by atoms with Crippen molar-refractivity contribution in [2.24, 2.45) is 0 Å². The van der Waals surface area contributed by atoms with Gasteiger partial charge in [0.05, 0.1) is 0 Å². The van der Waals surface area contributed by atoms with E-state index in [2.05, 4.69) is 64.2 Å². The van der Waals surface area contributed by atoms with E-state index in [1.54, 1.807) is 0 Å². The summed E-state index contributed by atoms with van der Waals surface area (Å²) in [5.41, 5.74) is 2.97. The average Bonchev–Trinajstić information content (AvgIpc) is 2.82. The van der Waals surface area contributed by atoms with Crippen LogP contribution in [0.3, 0.4) is 0 Å². The van der Waals surface area contributed by atoms with Crippen LogP contribution in [0.5, 0.6) is 0 Å². The van der Waals surface area contributed by atoms with Crippen LogP contribution in [0.25, 0.3) is 0 Å². The van der Waals surface area contributed by atoms with Gasteiger partial charge in [-0.05, 0) is 0 Å². The van der Waals surface area contributed by atoms with Crippen molar-refractivity contribution in [3.63, 3.8) is 0 Å². The molecule has 0 spiro atoms. The summed E-state index contributed by atoms with van der Waals surface area (Å²) >= 11 is 1.18. The van der Waals surface area contributed by atoms with Gasteiger partial charge in [0.2, 0.25) is 0 Å². The fourth-order valence-corrected chi connectivity index (χ4v) is 4.62. The summed E-state index contributed by atoms with van der Waals surface area (Å²) in [6.45, 7) is 9.16. The summed E-state index contributed by atoms with van der Waals surface area (Å²) in [6, 6.07) is 0. The molecule has 0 aromatic carbocycles.